The molecule has 11 heteroatoms. The number of ether oxygens (including phenoxy) is 1. The summed E-state index contributed by atoms with van der Waals surface area (Å²) in [4.78, 5) is 58.9. The Balaban J connectivity index is -0.000000727. The molecule has 0 aliphatic rings. The minimum atomic E-state index is -1.08. The largest absolute Gasteiger partial charge is 0.466 e. The number of hydrogen-bond donors (Lipinski definition) is 4. The number of esters is 1. The Labute approximate surface area is 265 Å². The quantitative estimate of drug-likeness (QED) is 0.111. The van der Waals surface area contributed by atoms with E-state index in [2.05, 4.69) is 31.4 Å². The highest BCUT2D eigenvalue weighted by molar-refractivity contribution is 6.07. The van der Waals surface area contributed by atoms with E-state index in [4.69, 9.17) is 14.9 Å². The second-order valence-corrected chi connectivity index (χ2v) is 10.4. The summed E-state index contributed by atoms with van der Waals surface area (Å²) in [5.74, 6) is -0.179. The van der Waals surface area contributed by atoms with E-state index < -0.39 is 17.9 Å². The van der Waals surface area contributed by atoms with Gasteiger partial charge in [0.1, 0.15) is 12.3 Å². The number of likely N-dealkylation sites (N-methyl/N-ethyl adjacent to an activating group) is 1. The molecule has 1 aromatic rings. The van der Waals surface area contributed by atoms with Gasteiger partial charge in [0.05, 0.1) is 18.8 Å². The molecule has 0 heterocycles. The third-order valence-electron chi connectivity index (χ3n) is 5.75. The van der Waals surface area contributed by atoms with E-state index in [0.717, 1.165) is 24.2 Å². The maximum Gasteiger partial charge on any atom is 0.306 e. The Bertz CT molecular complexity index is 922. The van der Waals surface area contributed by atoms with Crippen LogP contribution >= 0.6 is 0 Å². The van der Waals surface area contributed by atoms with Gasteiger partial charge in [0.25, 0.3) is 5.91 Å². The Morgan fingerprint density at radius 3 is 2.07 bits per heavy atom. The maximum absolute atomic E-state index is 12.9. The third kappa shape index (κ3) is 21.4. The van der Waals surface area contributed by atoms with Gasteiger partial charge in [-0.3, -0.25) is 24.1 Å². The van der Waals surface area contributed by atoms with Gasteiger partial charge in [-0.1, -0.05) is 67.0 Å². The van der Waals surface area contributed by atoms with E-state index in [9.17, 15) is 24.0 Å². The van der Waals surface area contributed by atoms with E-state index >= 15 is 0 Å². The number of unbranched alkanes of at least 4 members (excludes halogenated alkanes) is 1. The van der Waals surface area contributed by atoms with Gasteiger partial charge in [-0.25, -0.2) is 0 Å². The molecule has 0 fully saturated rings. The van der Waals surface area contributed by atoms with Crippen molar-refractivity contribution >= 4 is 36.2 Å². The lowest BCUT2D eigenvalue weighted by Crippen LogP contribution is -2.48. The number of rotatable bonds is 17. The van der Waals surface area contributed by atoms with Crippen molar-refractivity contribution in [3.05, 3.63) is 29.3 Å². The zero-order valence-electron chi connectivity index (χ0n) is 28.5. The number of aryl methyl sites for hydroxylation is 1. The highest BCUT2D eigenvalue weighted by Crippen LogP contribution is 2.23. The number of benzene rings is 1. The van der Waals surface area contributed by atoms with Crippen LogP contribution in [0.3, 0.4) is 0 Å². The SMILES string of the molecule is CC.CC(C)CCO.CCCCOC(=O)CC(C)C.CNC(=O)C(CCC=O)N(C=O)C(=O)c1c(C)cccc1NCCO. The summed E-state index contributed by atoms with van der Waals surface area (Å²) < 4.78 is 4.95. The standard InChI is InChI=1S/C17H23N3O5.C9H18O2.C5H12O.C2H6/c1-12-5-3-6-13(19-8-10-22)15(12)17(25)20(11-23)14(7-4-9-21)16(24)18-2;1-4-5-6-11-9(10)7-8(2)3;1-5(2)3-4-6;1-2/h3,5-6,9,11,14,19,22H,4,7-8,10H2,1-2H3,(H,18,24);8H,4-7H2,1-3H3;5-6H,3-4H2,1-2H3;1-2H3. The van der Waals surface area contributed by atoms with Crippen molar-refractivity contribution in [3.63, 3.8) is 0 Å². The number of amides is 3. The third-order valence-corrected chi connectivity index (χ3v) is 5.75. The molecule has 4 N–H and O–H groups in total. The molecule has 254 valence electrons. The van der Waals surface area contributed by atoms with E-state index in [-0.39, 0.29) is 37.5 Å². The maximum atomic E-state index is 12.9. The van der Waals surface area contributed by atoms with Crippen LogP contribution < -0.4 is 10.6 Å². The van der Waals surface area contributed by atoms with Gasteiger partial charge in [0.15, 0.2) is 0 Å². The van der Waals surface area contributed by atoms with Crippen LogP contribution in [0, 0.1) is 18.8 Å². The molecule has 11 nitrogen and oxygen atoms in total. The van der Waals surface area contributed by atoms with Crippen LogP contribution in [0.2, 0.25) is 0 Å². The number of imide groups is 1. The number of nitrogens with zero attached hydrogens (tertiary/aromatic N) is 1. The number of aliphatic hydroxyl groups is 2. The minimum absolute atomic E-state index is 0.0406. The average molecular weight is 626 g/mol. The number of hydrogen-bond acceptors (Lipinski definition) is 9. The smallest absolute Gasteiger partial charge is 0.306 e. The van der Waals surface area contributed by atoms with Crippen LogP contribution in [0.4, 0.5) is 5.69 Å². The fourth-order valence-corrected chi connectivity index (χ4v) is 3.45. The molecule has 3 amide bonds. The monoisotopic (exact) mass is 625 g/mol. The van der Waals surface area contributed by atoms with E-state index in [1.165, 1.54) is 7.05 Å². The second-order valence-electron chi connectivity index (χ2n) is 10.4. The Kier molecular flexibility index (Phi) is 30.5. The topological polar surface area (TPSA) is 162 Å². The van der Waals surface area contributed by atoms with Crippen molar-refractivity contribution in [3.8, 4) is 0 Å². The molecule has 1 unspecified atom stereocenters. The molecule has 1 aromatic carbocycles. The zero-order chi connectivity index (χ0) is 34.5. The Morgan fingerprint density at radius 1 is 1.00 bits per heavy atom. The Morgan fingerprint density at radius 2 is 1.64 bits per heavy atom. The lowest BCUT2D eigenvalue weighted by Gasteiger charge is -2.26. The predicted molar refractivity (Wildman–Crippen MR) is 175 cm³/mol. The molecule has 0 radical (unpaired) electrons. The highest BCUT2D eigenvalue weighted by Gasteiger charge is 2.31. The molecule has 0 aliphatic heterocycles. The van der Waals surface area contributed by atoms with Crippen LogP contribution in [0.1, 0.15) is 103 Å². The number of carbonyl (C=O) groups is 5. The fourth-order valence-electron chi connectivity index (χ4n) is 3.45. The average Bonchev–Trinajstić information content (AvgIpc) is 2.99. The normalized spacial score (nSPS) is 10.5. The minimum Gasteiger partial charge on any atom is -0.466 e. The van der Waals surface area contributed by atoms with Crippen LogP contribution in [-0.4, -0.2) is 85.0 Å². The van der Waals surface area contributed by atoms with Gasteiger partial charge in [-0.15, -0.1) is 0 Å². The van der Waals surface area contributed by atoms with Gasteiger partial charge in [-0.05, 0) is 49.7 Å². The first-order valence-electron chi connectivity index (χ1n) is 15.6. The zero-order valence-corrected chi connectivity index (χ0v) is 28.5. The molecule has 0 saturated carbocycles. The first-order valence-corrected chi connectivity index (χ1v) is 15.6. The summed E-state index contributed by atoms with van der Waals surface area (Å²) in [6.45, 7) is 17.0. The molecule has 0 saturated heterocycles. The number of carbonyl (C=O) groups excluding carboxylic acids is 5. The van der Waals surface area contributed by atoms with Crippen molar-refractivity contribution in [1.29, 1.82) is 0 Å². The van der Waals surface area contributed by atoms with Crippen molar-refractivity contribution < 1.29 is 38.9 Å². The second kappa shape index (κ2) is 29.7. The van der Waals surface area contributed by atoms with Crippen molar-refractivity contribution in [2.24, 2.45) is 11.8 Å². The van der Waals surface area contributed by atoms with E-state index in [1.807, 2.05) is 27.7 Å². The highest BCUT2D eigenvalue weighted by atomic mass is 16.5. The summed E-state index contributed by atoms with van der Waals surface area (Å²) in [6, 6.07) is 4.02. The van der Waals surface area contributed by atoms with E-state index in [0.29, 0.717) is 55.4 Å². The number of nitrogens with one attached hydrogen (secondary N) is 2. The summed E-state index contributed by atoms with van der Waals surface area (Å²) >= 11 is 0. The van der Waals surface area contributed by atoms with Crippen LogP contribution in [0.25, 0.3) is 0 Å². The van der Waals surface area contributed by atoms with Gasteiger partial charge in [0.2, 0.25) is 12.3 Å². The number of aldehydes is 1. The lowest BCUT2D eigenvalue weighted by molar-refractivity contribution is -0.144. The summed E-state index contributed by atoms with van der Waals surface area (Å²) in [5.41, 5.74) is 1.31. The first-order chi connectivity index (χ1) is 20.9. The van der Waals surface area contributed by atoms with Crippen LogP contribution in [-0.2, 0) is 23.9 Å². The Hall–Kier alpha value is -3.31. The molecule has 0 spiro atoms. The molecular formula is C33H59N3O8. The molecule has 1 rings (SSSR count). The summed E-state index contributed by atoms with van der Waals surface area (Å²) in [7, 11) is 1.39. The van der Waals surface area contributed by atoms with Gasteiger partial charge in [-0.2, -0.15) is 0 Å². The molecule has 0 aliphatic carbocycles. The number of aliphatic hydroxyl groups excluding tert-OH is 2. The molecule has 1 atom stereocenters. The van der Waals surface area contributed by atoms with Crippen LogP contribution in [0.5, 0.6) is 0 Å². The van der Waals surface area contributed by atoms with Crippen LogP contribution in [0.15, 0.2) is 18.2 Å². The molecular weight excluding hydrogens is 566 g/mol. The summed E-state index contributed by atoms with van der Waals surface area (Å²) in [6.07, 6.45) is 4.54. The molecule has 0 bridgehead atoms. The van der Waals surface area contributed by atoms with Gasteiger partial charge in [0, 0.05) is 38.7 Å². The predicted octanol–water partition coefficient (Wildman–Crippen LogP) is 4.52. The van der Waals surface area contributed by atoms with E-state index in [1.54, 1.807) is 25.1 Å². The van der Waals surface area contributed by atoms with Crippen molar-refractivity contribution in [2.75, 3.05) is 38.7 Å². The van der Waals surface area contributed by atoms with Gasteiger partial charge >= 0.3 is 5.97 Å². The lowest BCUT2D eigenvalue weighted by atomic mass is 10.0. The molecule has 44 heavy (non-hydrogen) atoms. The fraction of sp³-hybridized carbons (Fsp3) is 0.667. The van der Waals surface area contributed by atoms with Crippen molar-refractivity contribution in [2.45, 2.75) is 100.0 Å². The molecule has 0 aromatic heterocycles. The first kappa shape index (κ1) is 45.1. The summed E-state index contributed by atoms with van der Waals surface area (Å²) in [5, 5.41) is 22.5. The number of anilines is 1. The van der Waals surface area contributed by atoms with Gasteiger partial charge < -0.3 is 30.4 Å². The van der Waals surface area contributed by atoms with Crippen molar-refractivity contribution in [1.82, 2.24) is 10.2 Å².